The maximum Gasteiger partial charge on any atom is 0.257 e. The van der Waals surface area contributed by atoms with E-state index < -0.39 is 0 Å². The van der Waals surface area contributed by atoms with Crippen molar-refractivity contribution in [1.82, 2.24) is 4.98 Å². The summed E-state index contributed by atoms with van der Waals surface area (Å²) in [6, 6.07) is 0.617. The Bertz CT molecular complexity index is 647. The molecular weight excluding hydrogens is 532 g/mol. The molecule has 0 aliphatic carbocycles. The minimum absolute atomic E-state index is 0.617. The highest BCUT2D eigenvalue weighted by Gasteiger charge is 2.25. The van der Waals surface area contributed by atoms with Crippen LogP contribution in [0.3, 0.4) is 0 Å². The van der Waals surface area contributed by atoms with E-state index in [1.807, 2.05) is 0 Å². The Balaban J connectivity index is 2.25. The van der Waals surface area contributed by atoms with E-state index in [1.54, 1.807) is 0 Å². The van der Waals surface area contributed by atoms with Gasteiger partial charge in [0.25, 0.3) is 5.82 Å². The maximum absolute atomic E-state index is 3.73. The van der Waals surface area contributed by atoms with Crippen LogP contribution in [-0.4, -0.2) is 4.98 Å². The predicted molar refractivity (Wildman–Crippen MR) is 198 cm³/mol. The maximum atomic E-state index is 3.73. The average molecular weight is 616 g/mol. The van der Waals surface area contributed by atoms with Gasteiger partial charge in [0.05, 0.1) is 12.0 Å². The molecule has 1 atom stereocenters. The van der Waals surface area contributed by atoms with Crippen LogP contribution in [0.2, 0.25) is 0 Å². The van der Waals surface area contributed by atoms with Crippen LogP contribution >= 0.6 is 0 Å². The van der Waals surface area contributed by atoms with Crippen LogP contribution in [0.15, 0.2) is 12.4 Å². The van der Waals surface area contributed by atoms with Gasteiger partial charge in [0, 0.05) is 0 Å². The molecule has 0 aliphatic rings. The summed E-state index contributed by atoms with van der Waals surface area (Å²) in [6.45, 7) is 9.38. The monoisotopic (exact) mass is 616 g/mol. The van der Waals surface area contributed by atoms with Crippen molar-refractivity contribution < 1.29 is 4.57 Å². The summed E-state index contributed by atoms with van der Waals surface area (Å²) in [4.78, 5) is 3.73. The third-order valence-corrected chi connectivity index (χ3v) is 10.4. The molecule has 1 rings (SSSR count). The van der Waals surface area contributed by atoms with E-state index >= 15 is 0 Å². The third kappa shape index (κ3) is 23.5. The lowest BCUT2D eigenvalue weighted by atomic mass is 9.92. The molecule has 0 saturated carbocycles. The first-order valence-corrected chi connectivity index (χ1v) is 20.8. The summed E-state index contributed by atoms with van der Waals surface area (Å²) >= 11 is 0. The normalized spacial score (nSPS) is 12.5. The minimum atomic E-state index is 0.617. The zero-order chi connectivity index (χ0) is 31.8. The molecule has 1 N–H and O–H groups in total. The fraction of sp³-hybridized carbons (Fsp3) is 0.929. The van der Waals surface area contributed by atoms with E-state index in [9.17, 15) is 0 Å². The van der Waals surface area contributed by atoms with E-state index in [0.29, 0.717) is 12.0 Å². The molecule has 0 aromatic carbocycles. The number of H-pyrrole nitrogens is 1. The first-order valence-electron chi connectivity index (χ1n) is 20.8. The van der Waals surface area contributed by atoms with Crippen molar-refractivity contribution in [2.24, 2.45) is 0 Å². The Morgan fingerprint density at radius 1 is 0.432 bits per heavy atom. The number of nitrogens with zero attached hydrogens (tertiary/aromatic N) is 1. The summed E-state index contributed by atoms with van der Waals surface area (Å²) in [6.07, 6.45) is 51.8. The van der Waals surface area contributed by atoms with Gasteiger partial charge in [-0.3, -0.25) is 0 Å². The van der Waals surface area contributed by atoms with Crippen molar-refractivity contribution in [3.05, 3.63) is 18.2 Å². The molecule has 0 bridgehead atoms. The summed E-state index contributed by atoms with van der Waals surface area (Å²) in [5.74, 6) is 2.24. The molecule has 1 unspecified atom stereocenters. The van der Waals surface area contributed by atoms with Crippen LogP contribution in [0.4, 0.5) is 0 Å². The van der Waals surface area contributed by atoms with Gasteiger partial charge in [-0.15, -0.1) is 0 Å². The van der Waals surface area contributed by atoms with Crippen LogP contribution in [0.5, 0.6) is 0 Å². The van der Waals surface area contributed by atoms with Crippen molar-refractivity contribution in [1.29, 1.82) is 0 Å². The van der Waals surface area contributed by atoms with Gasteiger partial charge in [0.2, 0.25) is 0 Å². The first kappa shape index (κ1) is 41.2. The van der Waals surface area contributed by atoms with Crippen LogP contribution in [0.25, 0.3) is 0 Å². The molecule has 0 saturated heterocycles. The van der Waals surface area contributed by atoms with Gasteiger partial charge >= 0.3 is 0 Å². The second-order valence-corrected chi connectivity index (χ2v) is 14.7. The molecule has 2 nitrogen and oxygen atoms in total. The zero-order valence-corrected chi connectivity index (χ0v) is 31.1. The molecule has 1 aromatic heterocycles. The number of nitrogens with one attached hydrogen (secondary N) is 1. The molecule has 0 aliphatic heterocycles. The number of hydrogen-bond acceptors (Lipinski definition) is 0. The van der Waals surface area contributed by atoms with Gasteiger partial charge in [0.15, 0.2) is 0 Å². The molecule has 260 valence electrons. The summed E-state index contributed by atoms with van der Waals surface area (Å²) in [7, 11) is 0. The quantitative estimate of drug-likeness (QED) is 0.0579. The Morgan fingerprint density at radius 3 is 1.09 bits per heavy atom. The number of aromatic amines is 1. The van der Waals surface area contributed by atoms with E-state index in [-0.39, 0.29) is 0 Å². The van der Waals surface area contributed by atoms with Crippen molar-refractivity contribution in [2.45, 2.75) is 252 Å². The van der Waals surface area contributed by atoms with Gasteiger partial charge in [-0.25, -0.2) is 9.55 Å². The lowest BCUT2D eigenvalue weighted by Gasteiger charge is -2.17. The number of aromatic nitrogens is 2. The highest BCUT2D eigenvalue weighted by molar-refractivity contribution is 4.90. The molecule has 2 heteroatoms. The van der Waals surface area contributed by atoms with E-state index in [0.717, 1.165) is 0 Å². The van der Waals surface area contributed by atoms with E-state index in [1.165, 1.54) is 218 Å². The summed E-state index contributed by atoms with van der Waals surface area (Å²) in [5, 5.41) is 0. The highest BCUT2D eigenvalue weighted by atomic mass is 15.1. The molecule has 0 radical (unpaired) electrons. The van der Waals surface area contributed by atoms with Crippen molar-refractivity contribution in [3.8, 4) is 0 Å². The lowest BCUT2D eigenvalue weighted by molar-refractivity contribution is -0.727. The smallest absolute Gasteiger partial charge is 0.247 e. The molecule has 1 heterocycles. The molecule has 0 amide bonds. The number of unbranched alkanes of at least 4 members (excludes halogenated alkanes) is 27. The van der Waals surface area contributed by atoms with Crippen LogP contribution in [0, 0.1) is 0 Å². The Hall–Kier alpha value is -0.790. The lowest BCUT2D eigenvalue weighted by Crippen LogP contribution is -2.41. The largest absolute Gasteiger partial charge is 0.257 e. The zero-order valence-electron chi connectivity index (χ0n) is 31.1. The highest BCUT2D eigenvalue weighted by Crippen LogP contribution is 2.27. The van der Waals surface area contributed by atoms with E-state index in [4.69, 9.17) is 0 Å². The summed E-state index contributed by atoms with van der Waals surface area (Å²) in [5.41, 5.74) is 0. The second kappa shape index (κ2) is 32.2. The Kier molecular flexibility index (Phi) is 30.1. The number of hydrogen-bond donors (Lipinski definition) is 1. The predicted octanol–water partition coefficient (Wildman–Crippen LogP) is 14.9. The average Bonchev–Trinajstić information content (AvgIpc) is 3.53. The van der Waals surface area contributed by atoms with Crippen molar-refractivity contribution >= 4 is 0 Å². The van der Waals surface area contributed by atoms with E-state index in [2.05, 4.69) is 49.6 Å². The first-order chi connectivity index (χ1) is 21.7. The minimum Gasteiger partial charge on any atom is -0.247 e. The Labute approximate surface area is 278 Å². The van der Waals surface area contributed by atoms with Crippen LogP contribution in [-0.2, 0) is 0 Å². The fourth-order valence-corrected chi connectivity index (χ4v) is 7.30. The molecule has 0 spiro atoms. The molecular formula is C42H83N2+. The van der Waals surface area contributed by atoms with Gasteiger partial charge in [-0.05, 0) is 32.6 Å². The van der Waals surface area contributed by atoms with Crippen molar-refractivity contribution in [2.75, 3.05) is 0 Å². The molecule has 0 fully saturated rings. The molecule has 44 heavy (non-hydrogen) atoms. The third-order valence-electron chi connectivity index (χ3n) is 10.4. The molecule has 1 aromatic rings. The number of rotatable bonds is 35. The van der Waals surface area contributed by atoms with Crippen molar-refractivity contribution in [3.63, 3.8) is 0 Å². The fourth-order valence-electron chi connectivity index (χ4n) is 7.30. The topological polar surface area (TPSA) is 19.7 Å². The van der Waals surface area contributed by atoms with Crippen LogP contribution < -0.4 is 4.57 Å². The standard InChI is InChI=1S/C42H82N2/c1-5-8-11-13-15-17-19-21-23-25-27-29-31-33-36-41(42-43-38-39-44(42)40(4)35-10-7-3)37-34-32-30-28-26-24-22-20-18-16-14-12-9-6-2/h38-41H,5-37H2,1-4H3/p+1. The van der Waals surface area contributed by atoms with Gasteiger partial charge < -0.3 is 0 Å². The number of imidazole rings is 1. The van der Waals surface area contributed by atoms with Gasteiger partial charge in [0.1, 0.15) is 12.4 Å². The van der Waals surface area contributed by atoms with Gasteiger partial charge in [-0.2, -0.15) is 0 Å². The van der Waals surface area contributed by atoms with Crippen LogP contribution in [0.1, 0.15) is 257 Å². The van der Waals surface area contributed by atoms with Gasteiger partial charge in [-0.1, -0.05) is 207 Å². The second-order valence-electron chi connectivity index (χ2n) is 14.7. The SMILES string of the molecule is CCCCCCCCCCCCCCCCC(CCCCCCCCCCCCCCCC)c1[nH]cc[n+]1C(C)CCCC. The summed E-state index contributed by atoms with van der Waals surface area (Å²) < 4.78 is 2.61. The Morgan fingerprint density at radius 2 is 0.750 bits per heavy atom.